The van der Waals surface area contributed by atoms with Gasteiger partial charge >= 0.3 is 6.01 Å². The lowest BCUT2D eigenvalue weighted by atomic mass is 10.3. The first kappa shape index (κ1) is 10.9. The Labute approximate surface area is 84.0 Å². The molecule has 0 radical (unpaired) electrons. The first-order chi connectivity index (χ1) is 6.58. The molecule has 0 saturated heterocycles. The minimum atomic E-state index is -0.346. The number of nitrogens with zero attached hydrogens (tertiary/aromatic N) is 2. The first-order valence-corrected chi connectivity index (χ1v) is 4.71. The third-order valence-electron chi connectivity index (χ3n) is 1.73. The number of hydrogen-bond acceptors (Lipinski definition) is 4. The van der Waals surface area contributed by atoms with Gasteiger partial charge in [0.2, 0.25) is 0 Å². The summed E-state index contributed by atoms with van der Waals surface area (Å²) < 4.78 is 5.30. The minimum Gasteiger partial charge on any atom is -0.463 e. The van der Waals surface area contributed by atoms with E-state index in [4.69, 9.17) is 9.84 Å². The van der Waals surface area contributed by atoms with Gasteiger partial charge in [-0.2, -0.15) is 0 Å². The van der Waals surface area contributed by atoms with Gasteiger partial charge in [-0.25, -0.2) is 9.97 Å². The van der Waals surface area contributed by atoms with Gasteiger partial charge in [0.15, 0.2) is 0 Å². The molecule has 0 spiro atoms. The van der Waals surface area contributed by atoms with E-state index in [0.717, 1.165) is 11.4 Å². The maximum Gasteiger partial charge on any atom is 0.316 e. The highest BCUT2D eigenvalue weighted by Crippen LogP contribution is 2.06. The van der Waals surface area contributed by atoms with E-state index in [1.165, 1.54) is 0 Å². The van der Waals surface area contributed by atoms with Crippen LogP contribution in [-0.2, 0) is 0 Å². The maximum absolute atomic E-state index is 9.02. The Morgan fingerprint density at radius 3 is 2.43 bits per heavy atom. The topological polar surface area (TPSA) is 55.2 Å². The van der Waals surface area contributed by atoms with Crippen molar-refractivity contribution < 1.29 is 9.84 Å². The lowest BCUT2D eigenvalue weighted by Crippen LogP contribution is -2.09. The predicted octanol–water partition coefficient (Wildman–Crippen LogP) is 1.24. The van der Waals surface area contributed by atoms with Crippen molar-refractivity contribution in [1.82, 2.24) is 9.97 Å². The molecular weight excluding hydrogens is 180 g/mol. The average molecular weight is 196 g/mol. The third-order valence-corrected chi connectivity index (χ3v) is 1.73. The van der Waals surface area contributed by atoms with Crippen molar-refractivity contribution >= 4 is 0 Å². The number of ether oxygens (including phenoxy) is 1. The fourth-order valence-corrected chi connectivity index (χ4v) is 1.08. The summed E-state index contributed by atoms with van der Waals surface area (Å²) in [6, 6.07) is 2.28. The van der Waals surface area contributed by atoms with E-state index in [0.29, 0.717) is 19.0 Å². The minimum absolute atomic E-state index is 0.346. The SMILES string of the molecule is Cc1cc(C)nc(OCCC(C)O)n1. The van der Waals surface area contributed by atoms with Crippen molar-refractivity contribution in [3.05, 3.63) is 17.5 Å². The van der Waals surface area contributed by atoms with Crippen molar-refractivity contribution in [3.63, 3.8) is 0 Å². The van der Waals surface area contributed by atoms with E-state index < -0.39 is 0 Å². The van der Waals surface area contributed by atoms with Gasteiger partial charge in [-0.05, 0) is 26.8 Å². The number of aryl methyl sites for hydroxylation is 2. The van der Waals surface area contributed by atoms with Crippen LogP contribution < -0.4 is 4.74 Å². The number of aliphatic hydroxyl groups excluding tert-OH is 1. The molecule has 1 unspecified atom stereocenters. The van der Waals surface area contributed by atoms with Crippen molar-refractivity contribution in [2.45, 2.75) is 33.3 Å². The smallest absolute Gasteiger partial charge is 0.316 e. The van der Waals surface area contributed by atoms with Crippen LogP contribution >= 0.6 is 0 Å². The van der Waals surface area contributed by atoms with Gasteiger partial charge < -0.3 is 9.84 Å². The summed E-state index contributed by atoms with van der Waals surface area (Å²) in [5.41, 5.74) is 1.79. The number of hydrogen-bond donors (Lipinski definition) is 1. The van der Waals surface area contributed by atoms with E-state index >= 15 is 0 Å². The molecule has 0 aliphatic rings. The molecular formula is C10H16N2O2. The average Bonchev–Trinajstić information content (AvgIpc) is 2.01. The third kappa shape index (κ3) is 3.70. The largest absolute Gasteiger partial charge is 0.463 e. The predicted molar refractivity (Wildman–Crippen MR) is 53.3 cm³/mol. The second kappa shape index (κ2) is 4.91. The Balaban J connectivity index is 2.50. The highest BCUT2D eigenvalue weighted by atomic mass is 16.5. The second-order valence-corrected chi connectivity index (χ2v) is 3.42. The molecule has 14 heavy (non-hydrogen) atoms. The van der Waals surface area contributed by atoms with Crippen LogP contribution in [0.2, 0.25) is 0 Å². The zero-order valence-corrected chi connectivity index (χ0v) is 8.82. The Bertz CT molecular complexity index is 280. The quantitative estimate of drug-likeness (QED) is 0.787. The Morgan fingerprint density at radius 1 is 1.36 bits per heavy atom. The van der Waals surface area contributed by atoms with Crippen LogP contribution in [0.25, 0.3) is 0 Å². The van der Waals surface area contributed by atoms with E-state index in [2.05, 4.69) is 9.97 Å². The molecule has 1 aromatic heterocycles. The molecule has 0 amide bonds. The Kier molecular flexibility index (Phi) is 3.83. The van der Waals surface area contributed by atoms with Crippen LogP contribution in [0.4, 0.5) is 0 Å². The maximum atomic E-state index is 9.02. The van der Waals surface area contributed by atoms with Crippen LogP contribution in [-0.4, -0.2) is 27.8 Å². The van der Waals surface area contributed by atoms with Crippen molar-refractivity contribution in [2.75, 3.05) is 6.61 Å². The molecule has 1 atom stereocenters. The van der Waals surface area contributed by atoms with E-state index in [1.807, 2.05) is 19.9 Å². The molecule has 1 rings (SSSR count). The summed E-state index contributed by atoms with van der Waals surface area (Å²) in [5, 5.41) is 9.02. The Hall–Kier alpha value is -1.16. The molecule has 0 aliphatic carbocycles. The lowest BCUT2D eigenvalue weighted by molar-refractivity contribution is 0.151. The normalized spacial score (nSPS) is 12.6. The van der Waals surface area contributed by atoms with E-state index in [9.17, 15) is 0 Å². The van der Waals surface area contributed by atoms with Crippen molar-refractivity contribution in [3.8, 4) is 6.01 Å². The van der Waals surface area contributed by atoms with Gasteiger partial charge in [0, 0.05) is 17.8 Å². The summed E-state index contributed by atoms with van der Waals surface area (Å²) in [4.78, 5) is 8.23. The van der Waals surface area contributed by atoms with Crippen LogP contribution in [0.1, 0.15) is 24.7 Å². The molecule has 4 nitrogen and oxygen atoms in total. The highest BCUT2D eigenvalue weighted by Gasteiger charge is 2.01. The molecule has 1 aromatic rings. The molecule has 1 heterocycles. The monoisotopic (exact) mass is 196 g/mol. The molecule has 0 saturated carbocycles. The van der Waals surface area contributed by atoms with Gasteiger partial charge in [0.1, 0.15) is 0 Å². The molecule has 0 aliphatic heterocycles. The van der Waals surface area contributed by atoms with Gasteiger partial charge in [0.25, 0.3) is 0 Å². The van der Waals surface area contributed by atoms with Crippen LogP contribution in [0.5, 0.6) is 6.01 Å². The Morgan fingerprint density at radius 2 is 1.93 bits per heavy atom. The molecule has 0 fully saturated rings. The van der Waals surface area contributed by atoms with Gasteiger partial charge in [-0.15, -0.1) is 0 Å². The summed E-state index contributed by atoms with van der Waals surface area (Å²) in [7, 11) is 0. The van der Waals surface area contributed by atoms with E-state index in [1.54, 1.807) is 6.92 Å². The first-order valence-electron chi connectivity index (χ1n) is 4.71. The lowest BCUT2D eigenvalue weighted by Gasteiger charge is -2.06. The van der Waals surface area contributed by atoms with Crippen molar-refractivity contribution in [2.24, 2.45) is 0 Å². The highest BCUT2D eigenvalue weighted by molar-refractivity contribution is 5.10. The standard InChI is InChI=1S/C10H16N2O2/c1-7-6-8(2)12-10(11-7)14-5-4-9(3)13/h6,9,13H,4-5H2,1-3H3. The van der Waals surface area contributed by atoms with Crippen molar-refractivity contribution in [1.29, 1.82) is 0 Å². The molecule has 1 N–H and O–H groups in total. The van der Waals surface area contributed by atoms with Gasteiger partial charge in [-0.3, -0.25) is 0 Å². The number of rotatable bonds is 4. The van der Waals surface area contributed by atoms with E-state index in [-0.39, 0.29) is 6.10 Å². The summed E-state index contributed by atoms with van der Waals surface area (Å²) in [5.74, 6) is 0. The number of aromatic nitrogens is 2. The van der Waals surface area contributed by atoms with Gasteiger partial charge in [-0.1, -0.05) is 0 Å². The molecule has 0 aromatic carbocycles. The number of aliphatic hydroxyl groups is 1. The zero-order valence-electron chi connectivity index (χ0n) is 8.82. The van der Waals surface area contributed by atoms with Crippen LogP contribution in [0.15, 0.2) is 6.07 Å². The summed E-state index contributed by atoms with van der Waals surface area (Å²) in [6.07, 6.45) is 0.247. The summed E-state index contributed by atoms with van der Waals surface area (Å²) in [6.45, 7) is 5.97. The second-order valence-electron chi connectivity index (χ2n) is 3.42. The molecule has 78 valence electrons. The van der Waals surface area contributed by atoms with Crippen LogP contribution in [0, 0.1) is 13.8 Å². The molecule has 4 heteroatoms. The fraction of sp³-hybridized carbons (Fsp3) is 0.600. The zero-order chi connectivity index (χ0) is 10.6. The van der Waals surface area contributed by atoms with Gasteiger partial charge in [0.05, 0.1) is 12.7 Å². The van der Waals surface area contributed by atoms with Crippen LogP contribution in [0.3, 0.4) is 0 Å². The fourth-order valence-electron chi connectivity index (χ4n) is 1.08. The summed E-state index contributed by atoms with van der Waals surface area (Å²) >= 11 is 0. The molecule has 0 bridgehead atoms.